The van der Waals surface area contributed by atoms with Gasteiger partial charge in [-0.25, -0.2) is 0 Å². The number of imide groups is 1. The van der Waals surface area contributed by atoms with E-state index >= 15 is 0 Å². The summed E-state index contributed by atoms with van der Waals surface area (Å²) < 4.78 is 12.4. The van der Waals surface area contributed by atoms with E-state index in [9.17, 15) is 9.59 Å². The van der Waals surface area contributed by atoms with Gasteiger partial charge in [0.15, 0.2) is 0 Å². The summed E-state index contributed by atoms with van der Waals surface area (Å²) in [6.07, 6.45) is 1.96. The number of amides is 2. The second-order valence-corrected chi connectivity index (χ2v) is 7.79. The lowest BCUT2D eigenvalue weighted by atomic mass is 10.1. The van der Waals surface area contributed by atoms with E-state index in [-0.39, 0.29) is 17.9 Å². The van der Waals surface area contributed by atoms with Crippen LogP contribution in [0.3, 0.4) is 0 Å². The number of ether oxygens (including phenoxy) is 2. The molecule has 3 atom stereocenters. The summed E-state index contributed by atoms with van der Waals surface area (Å²) >= 11 is 0. The molecule has 0 saturated heterocycles. The summed E-state index contributed by atoms with van der Waals surface area (Å²) in [5, 5.41) is 0. The molecule has 3 rings (SSSR count). The van der Waals surface area contributed by atoms with Crippen LogP contribution in [0.1, 0.15) is 51.0 Å². The highest BCUT2D eigenvalue weighted by Gasteiger charge is 2.48. The maximum atomic E-state index is 12.4. The van der Waals surface area contributed by atoms with Gasteiger partial charge in [0.1, 0.15) is 12.2 Å². The Balaban J connectivity index is 1.98. The van der Waals surface area contributed by atoms with E-state index in [0.29, 0.717) is 25.0 Å². The van der Waals surface area contributed by atoms with Crippen molar-refractivity contribution < 1.29 is 19.1 Å². The molecule has 0 radical (unpaired) electrons. The lowest BCUT2D eigenvalue weighted by Gasteiger charge is -2.31. The second-order valence-electron chi connectivity index (χ2n) is 7.79. The van der Waals surface area contributed by atoms with Crippen molar-refractivity contribution in [2.75, 3.05) is 13.2 Å². The SMILES string of the molecule is CC(C)CO[C@@H]1[C@@H](OCC(C)C)c2ccccc2[C@@H]1N1C(=O)C=CC1=O. The van der Waals surface area contributed by atoms with Gasteiger partial charge in [-0.15, -0.1) is 0 Å². The molecule has 1 aromatic carbocycles. The maximum absolute atomic E-state index is 12.4. The van der Waals surface area contributed by atoms with Gasteiger partial charge in [0.05, 0.1) is 6.04 Å². The molecule has 5 heteroatoms. The quantitative estimate of drug-likeness (QED) is 0.702. The molecule has 2 amide bonds. The monoisotopic (exact) mass is 357 g/mol. The molecule has 0 unspecified atom stereocenters. The summed E-state index contributed by atoms with van der Waals surface area (Å²) in [5.74, 6) is 0.131. The molecule has 1 aliphatic heterocycles. The maximum Gasteiger partial charge on any atom is 0.254 e. The smallest absolute Gasteiger partial charge is 0.254 e. The zero-order valence-corrected chi connectivity index (χ0v) is 15.8. The van der Waals surface area contributed by atoms with E-state index in [1.54, 1.807) is 0 Å². The number of hydrogen-bond donors (Lipinski definition) is 0. The van der Waals surface area contributed by atoms with Gasteiger partial charge in [-0.3, -0.25) is 14.5 Å². The van der Waals surface area contributed by atoms with Crippen molar-refractivity contribution in [2.45, 2.75) is 45.9 Å². The zero-order valence-electron chi connectivity index (χ0n) is 15.8. The molecule has 0 saturated carbocycles. The molecule has 0 bridgehead atoms. The minimum absolute atomic E-state index is 0.293. The Hall–Kier alpha value is -1.98. The summed E-state index contributed by atoms with van der Waals surface area (Å²) in [7, 11) is 0. The van der Waals surface area contributed by atoms with Crippen molar-refractivity contribution in [3.63, 3.8) is 0 Å². The third kappa shape index (κ3) is 3.60. The number of carbonyl (C=O) groups is 2. The summed E-state index contributed by atoms with van der Waals surface area (Å²) in [4.78, 5) is 26.0. The normalized spacial score (nSPS) is 25.0. The van der Waals surface area contributed by atoms with Crippen LogP contribution in [-0.4, -0.2) is 36.0 Å². The zero-order chi connectivity index (χ0) is 18.8. The summed E-state index contributed by atoms with van der Waals surface area (Å²) in [5.41, 5.74) is 1.93. The van der Waals surface area contributed by atoms with E-state index in [2.05, 4.69) is 27.7 Å². The van der Waals surface area contributed by atoms with Crippen LogP contribution in [0.4, 0.5) is 0 Å². The highest BCUT2D eigenvalue weighted by molar-refractivity contribution is 6.13. The first-order valence-corrected chi connectivity index (χ1v) is 9.27. The highest BCUT2D eigenvalue weighted by atomic mass is 16.5. The van der Waals surface area contributed by atoms with Gasteiger partial charge in [0, 0.05) is 25.4 Å². The van der Waals surface area contributed by atoms with Gasteiger partial charge in [0.25, 0.3) is 11.8 Å². The second kappa shape index (κ2) is 7.72. The van der Waals surface area contributed by atoms with Crippen LogP contribution >= 0.6 is 0 Å². The topological polar surface area (TPSA) is 55.8 Å². The molecule has 0 spiro atoms. The number of hydrogen-bond acceptors (Lipinski definition) is 4. The third-order valence-electron chi connectivity index (χ3n) is 4.58. The van der Waals surface area contributed by atoms with Crippen molar-refractivity contribution in [2.24, 2.45) is 11.8 Å². The molecule has 26 heavy (non-hydrogen) atoms. The van der Waals surface area contributed by atoms with E-state index in [4.69, 9.17) is 9.47 Å². The van der Waals surface area contributed by atoms with Crippen LogP contribution < -0.4 is 0 Å². The predicted molar refractivity (Wildman–Crippen MR) is 98.3 cm³/mol. The molecule has 140 valence electrons. The number of nitrogens with zero attached hydrogens (tertiary/aromatic N) is 1. The molecule has 1 aromatic rings. The van der Waals surface area contributed by atoms with Crippen molar-refractivity contribution in [1.82, 2.24) is 4.90 Å². The minimum Gasteiger partial charge on any atom is -0.372 e. The average molecular weight is 357 g/mol. The van der Waals surface area contributed by atoms with E-state index in [1.807, 2.05) is 24.3 Å². The average Bonchev–Trinajstić information content (AvgIpc) is 3.07. The third-order valence-corrected chi connectivity index (χ3v) is 4.58. The van der Waals surface area contributed by atoms with E-state index < -0.39 is 12.1 Å². The Labute approximate surface area is 155 Å². The predicted octanol–water partition coefficient (Wildman–Crippen LogP) is 3.42. The van der Waals surface area contributed by atoms with E-state index in [1.165, 1.54) is 17.1 Å². The van der Waals surface area contributed by atoms with E-state index in [0.717, 1.165) is 11.1 Å². The Morgan fingerprint density at radius 2 is 1.42 bits per heavy atom. The first-order chi connectivity index (χ1) is 12.4. The molecule has 5 nitrogen and oxygen atoms in total. The van der Waals surface area contributed by atoms with Crippen LogP contribution in [0, 0.1) is 11.8 Å². The molecule has 1 aliphatic carbocycles. The number of fused-ring (bicyclic) bond motifs is 1. The van der Waals surface area contributed by atoms with Gasteiger partial charge < -0.3 is 9.47 Å². The molecule has 1 heterocycles. The Morgan fingerprint density at radius 1 is 0.885 bits per heavy atom. The highest BCUT2D eigenvalue weighted by Crippen LogP contribution is 2.47. The van der Waals surface area contributed by atoms with Gasteiger partial charge in [-0.05, 0) is 23.0 Å². The summed E-state index contributed by atoms with van der Waals surface area (Å²) in [6, 6.07) is 7.39. The lowest BCUT2D eigenvalue weighted by Crippen LogP contribution is -2.41. The molecular formula is C21H27NO4. The lowest BCUT2D eigenvalue weighted by molar-refractivity contribution is -0.150. The molecular weight excluding hydrogens is 330 g/mol. The fourth-order valence-electron chi connectivity index (χ4n) is 3.49. The standard InChI is InChI=1S/C21H27NO4/c1-13(2)11-25-20-16-8-6-5-7-15(16)19(21(20)26-12-14(3)4)22-17(23)9-10-18(22)24/h5-10,13-14,19-21H,11-12H2,1-4H3/t19-,20-,21-/m0/s1. The first kappa shape index (κ1) is 18.8. The van der Waals surface area contributed by atoms with Crippen LogP contribution in [-0.2, 0) is 19.1 Å². The Kier molecular flexibility index (Phi) is 5.58. The van der Waals surface area contributed by atoms with Crippen LogP contribution in [0.2, 0.25) is 0 Å². The van der Waals surface area contributed by atoms with Crippen molar-refractivity contribution in [1.29, 1.82) is 0 Å². The Bertz CT molecular complexity index is 692. The molecule has 0 aromatic heterocycles. The van der Waals surface area contributed by atoms with Crippen molar-refractivity contribution >= 4 is 11.8 Å². The van der Waals surface area contributed by atoms with Crippen LogP contribution in [0.25, 0.3) is 0 Å². The molecule has 0 fully saturated rings. The van der Waals surface area contributed by atoms with Crippen molar-refractivity contribution in [3.8, 4) is 0 Å². The van der Waals surface area contributed by atoms with Crippen molar-refractivity contribution in [3.05, 3.63) is 47.5 Å². The molecule has 0 N–H and O–H groups in total. The number of benzene rings is 1. The van der Waals surface area contributed by atoms with Crippen LogP contribution in [0.5, 0.6) is 0 Å². The fourth-order valence-corrected chi connectivity index (χ4v) is 3.49. The fraction of sp³-hybridized carbons (Fsp3) is 0.524. The van der Waals surface area contributed by atoms with Gasteiger partial charge in [-0.2, -0.15) is 0 Å². The first-order valence-electron chi connectivity index (χ1n) is 9.27. The molecule has 2 aliphatic rings. The van der Waals surface area contributed by atoms with Gasteiger partial charge in [-0.1, -0.05) is 52.0 Å². The van der Waals surface area contributed by atoms with Gasteiger partial charge in [0.2, 0.25) is 0 Å². The summed E-state index contributed by atoms with van der Waals surface area (Å²) in [6.45, 7) is 9.48. The van der Waals surface area contributed by atoms with Crippen LogP contribution in [0.15, 0.2) is 36.4 Å². The Morgan fingerprint density at radius 3 is 2.00 bits per heavy atom. The minimum atomic E-state index is -0.461. The number of rotatable bonds is 7. The number of carbonyl (C=O) groups excluding carboxylic acids is 2. The largest absolute Gasteiger partial charge is 0.372 e. The van der Waals surface area contributed by atoms with Gasteiger partial charge >= 0.3 is 0 Å².